The normalized spacial score (nSPS) is 13.5. The molecular formula is C31H37NO4. The van der Waals surface area contributed by atoms with Crippen molar-refractivity contribution in [2.45, 2.75) is 38.5 Å². The number of carbonyl (C=O) groups excluding carboxylic acids is 1. The van der Waals surface area contributed by atoms with Gasteiger partial charge in [-0.25, -0.2) is 0 Å². The Morgan fingerprint density at radius 1 is 0.806 bits per heavy atom. The van der Waals surface area contributed by atoms with Gasteiger partial charge in [0.2, 0.25) is 0 Å². The third-order valence-corrected chi connectivity index (χ3v) is 6.65. The highest BCUT2D eigenvalue weighted by Crippen LogP contribution is 2.28. The van der Waals surface area contributed by atoms with Crippen LogP contribution in [0.5, 0.6) is 11.5 Å². The first kappa shape index (κ1) is 25.8. The van der Waals surface area contributed by atoms with Gasteiger partial charge in [-0.05, 0) is 91.7 Å². The molecule has 0 bridgehead atoms. The molecule has 0 spiro atoms. The molecule has 0 amide bonds. The molecule has 36 heavy (non-hydrogen) atoms. The first-order chi connectivity index (χ1) is 17.7. The summed E-state index contributed by atoms with van der Waals surface area (Å²) >= 11 is 0. The summed E-state index contributed by atoms with van der Waals surface area (Å²) in [6.07, 6.45) is 5.51. The number of unbranched alkanes of at least 4 members (excludes halogenated alkanes) is 1. The third kappa shape index (κ3) is 7.85. The van der Waals surface area contributed by atoms with Gasteiger partial charge in [0.1, 0.15) is 18.1 Å². The van der Waals surface area contributed by atoms with Gasteiger partial charge in [-0.2, -0.15) is 0 Å². The van der Waals surface area contributed by atoms with Crippen molar-refractivity contribution in [2.75, 3.05) is 40.0 Å². The lowest BCUT2D eigenvalue weighted by atomic mass is 9.95. The SMILES string of the molecule is COC(=O)CCCCOc1ccc(Cc2ccccc2-c2ccc(OCCN3CCCC3)cc2)cc1. The van der Waals surface area contributed by atoms with Gasteiger partial charge in [-0.1, -0.05) is 48.5 Å². The number of esters is 1. The highest BCUT2D eigenvalue weighted by molar-refractivity contribution is 5.69. The summed E-state index contributed by atoms with van der Waals surface area (Å²) in [7, 11) is 1.42. The maximum Gasteiger partial charge on any atom is 0.305 e. The molecule has 5 heteroatoms. The molecule has 0 radical (unpaired) electrons. The van der Waals surface area contributed by atoms with Gasteiger partial charge in [-0.15, -0.1) is 0 Å². The Kier molecular flexibility index (Phi) is 9.80. The van der Waals surface area contributed by atoms with E-state index in [1.807, 2.05) is 12.1 Å². The van der Waals surface area contributed by atoms with Crippen LogP contribution in [0.15, 0.2) is 72.8 Å². The topological polar surface area (TPSA) is 48.0 Å². The monoisotopic (exact) mass is 487 g/mol. The minimum atomic E-state index is -0.170. The molecule has 0 saturated carbocycles. The predicted molar refractivity (Wildman–Crippen MR) is 144 cm³/mol. The summed E-state index contributed by atoms with van der Waals surface area (Å²) < 4.78 is 16.5. The molecule has 1 saturated heterocycles. The number of ether oxygens (including phenoxy) is 3. The number of likely N-dealkylation sites (tertiary alicyclic amines) is 1. The van der Waals surface area contributed by atoms with Crippen LogP contribution in [0.2, 0.25) is 0 Å². The predicted octanol–water partition coefficient (Wildman–Crippen LogP) is 6.14. The van der Waals surface area contributed by atoms with E-state index in [9.17, 15) is 4.79 Å². The van der Waals surface area contributed by atoms with Crippen molar-refractivity contribution < 1.29 is 19.0 Å². The number of methoxy groups -OCH3 is 1. The van der Waals surface area contributed by atoms with Gasteiger partial charge in [0.05, 0.1) is 13.7 Å². The van der Waals surface area contributed by atoms with Crippen LogP contribution in [-0.4, -0.2) is 50.8 Å². The summed E-state index contributed by atoms with van der Waals surface area (Å²) in [5, 5.41) is 0. The molecule has 0 aromatic heterocycles. The van der Waals surface area contributed by atoms with Crippen molar-refractivity contribution in [3.05, 3.63) is 83.9 Å². The van der Waals surface area contributed by atoms with Crippen molar-refractivity contribution in [2.24, 2.45) is 0 Å². The summed E-state index contributed by atoms with van der Waals surface area (Å²) in [4.78, 5) is 13.6. The van der Waals surface area contributed by atoms with Crippen molar-refractivity contribution in [1.82, 2.24) is 4.90 Å². The van der Waals surface area contributed by atoms with Gasteiger partial charge in [0, 0.05) is 13.0 Å². The van der Waals surface area contributed by atoms with Crippen molar-refractivity contribution in [1.29, 1.82) is 0 Å². The van der Waals surface area contributed by atoms with Crippen molar-refractivity contribution in [3.8, 4) is 22.6 Å². The molecule has 0 aliphatic carbocycles. The fourth-order valence-corrected chi connectivity index (χ4v) is 4.57. The number of hydrogen-bond donors (Lipinski definition) is 0. The fourth-order valence-electron chi connectivity index (χ4n) is 4.57. The van der Waals surface area contributed by atoms with Crippen LogP contribution in [0.1, 0.15) is 43.2 Å². The molecule has 0 atom stereocenters. The molecule has 3 aromatic carbocycles. The van der Waals surface area contributed by atoms with Crippen LogP contribution in [0.3, 0.4) is 0 Å². The second kappa shape index (κ2) is 13.7. The molecule has 1 aliphatic rings. The van der Waals surface area contributed by atoms with Crippen LogP contribution in [0.4, 0.5) is 0 Å². The van der Waals surface area contributed by atoms with Gasteiger partial charge in [-0.3, -0.25) is 9.69 Å². The summed E-state index contributed by atoms with van der Waals surface area (Å²) in [5.74, 6) is 1.61. The highest BCUT2D eigenvalue weighted by Gasteiger charge is 2.11. The third-order valence-electron chi connectivity index (χ3n) is 6.65. The van der Waals surface area contributed by atoms with Crippen LogP contribution < -0.4 is 9.47 Å². The van der Waals surface area contributed by atoms with Crippen LogP contribution in [0.25, 0.3) is 11.1 Å². The Bertz CT molecular complexity index is 1070. The zero-order chi connectivity index (χ0) is 25.0. The Hall–Kier alpha value is -3.31. The Labute approximate surface area is 215 Å². The number of hydrogen-bond acceptors (Lipinski definition) is 5. The Balaban J connectivity index is 1.29. The average Bonchev–Trinajstić information content (AvgIpc) is 3.44. The van der Waals surface area contributed by atoms with Crippen LogP contribution in [0, 0.1) is 0 Å². The van der Waals surface area contributed by atoms with Gasteiger partial charge < -0.3 is 14.2 Å². The van der Waals surface area contributed by atoms with Crippen LogP contribution >= 0.6 is 0 Å². The van der Waals surface area contributed by atoms with E-state index in [2.05, 4.69) is 70.3 Å². The quantitative estimate of drug-likeness (QED) is 0.214. The maximum absolute atomic E-state index is 11.2. The average molecular weight is 488 g/mol. The summed E-state index contributed by atoms with van der Waals surface area (Å²) in [6.45, 7) is 4.74. The highest BCUT2D eigenvalue weighted by atomic mass is 16.5. The van der Waals surface area contributed by atoms with Gasteiger partial charge >= 0.3 is 5.97 Å². The molecule has 3 aromatic rings. The van der Waals surface area contributed by atoms with Crippen LogP contribution in [-0.2, 0) is 16.0 Å². The molecule has 0 N–H and O–H groups in total. The number of nitrogens with zero attached hydrogens (tertiary/aromatic N) is 1. The largest absolute Gasteiger partial charge is 0.494 e. The van der Waals surface area contributed by atoms with Crippen molar-refractivity contribution in [3.63, 3.8) is 0 Å². The first-order valence-electron chi connectivity index (χ1n) is 13.0. The first-order valence-corrected chi connectivity index (χ1v) is 13.0. The molecule has 0 unspecified atom stereocenters. The number of carbonyl (C=O) groups is 1. The van der Waals surface area contributed by atoms with E-state index in [4.69, 9.17) is 9.47 Å². The van der Waals surface area contributed by atoms with Crippen molar-refractivity contribution >= 4 is 5.97 Å². The number of benzene rings is 3. The molecule has 1 fully saturated rings. The molecular weight excluding hydrogens is 450 g/mol. The molecule has 190 valence electrons. The lowest BCUT2D eigenvalue weighted by Gasteiger charge is -2.15. The van der Waals surface area contributed by atoms with E-state index in [-0.39, 0.29) is 5.97 Å². The standard InChI is InChI=1S/C31H37NO4/c1-34-31(33)10-4-7-22-35-28-15-11-25(12-16-28)24-27-8-2-3-9-30(27)26-13-17-29(18-14-26)36-23-21-32-19-5-6-20-32/h2-3,8-9,11-18H,4-7,10,19-24H2,1H3. The number of rotatable bonds is 13. The fraction of sp³-hybridized carbons (Fsp3) is 0.387. The van der Waals surface area contributed by atoms with E-state index in [1.165, 1.54) is 55.3 Å². The molecule has 4 rings (SSSR count). The molecule has 5 nitrogen and oxygen atoms in total. The molecule has 1 heterocycles. The minimum absolute atomic E-state index is 0.170. The zero-order valence-corrected chi connectivity index (χ0v) is 21.3. The van der Waals surface area contributed by atoms with E-state index in [0.29, 0.717) is 13.0 Å². The summed E-state index contributed by atoms with van der Waals surface area (Å²) in [6, 6.07) is 25.3. The lowest BCUT2D eigenvalue weighted by Crippen LogP contribution is -2.25. The minimum Gasteiger partial charge on any atom is -0.494 e. The Morgan fingerprint density at radius 2 is 1.47 bits per heavy atom. The van der Waals surface area contributed by atoms with E-state index in [1.54, 1.807) is 0 Å². The van der Waals surface area contributed by atoms with E-state index < -0.39 is 0 Å². The van der Waals surface area contributed by atoms with Gasteiger partial charge in [0.25, 0.3) is 0 Å². The zero-order valence-electron chi connectivity index (χ0n) is 21.3. The van der Waals surface area contributed by atoms with Gasteiger partial charge in [0.15, 0.2) is 0 Å². The second-order valence-corrected chi connectivity index (χ2v) is 9.28. The Morgan fingerprint density at radius 3 is 2.19 bits per heavy atom. The second-order valence-electron chi connectivity index (χ2n) is 9.28. The van der Waals surface area contributed by atoms with E-state index in [0.717, 1.165) is 43.9 Å². The maximum atomic E-state index is 11.2. The van der Waals surface area contributed by atoms with E-state index >= 15 is 0 Å². The smallest absolute Gasteiger partial charge is 0.305 e. The lowest BCUT2D eigenvalue weighted by molar-refractivity contribution is -0.140. The molecule has 1 aliphatic heterocycles. The summed E-state index contributed by atoms with van der Waals surface area (Å²) in [5.41, 5.74) is 4.97.